The standard InChI is InChI=1S/C21H30N6O2/c1-5-14(2)12-15-16(21(3,4)20(22)28)13-18(27-8-10-29-11-9-27)25-19(15)24-17-6-7-23-26-17/h6-7,12-13H,5,8-11H2,1-4H3,(H2,22,28)(H2,23,24,25,26). The predicted octanol–water partition coefficient (Wildman–Crippen LogP) is 2.96. The zero-order valence-corrected chi connectivity index (χ0v) is 17.6. The second kappa shape index (κ2) is 8.65. The van der Waals surface area contributed by atoms with Crippen LogP contribution in [-0.2, 0) is 14.9 Å². The van der Waals surface area contributed by atoms with Crippen molar-refractivity contribution in [2.45, 2.75) is 39.5 Å². The van der Waals surface area contributed by atoms with Gasteiger partial charge in [-0.05, 0) is 38.8 Å². The van der Waals surface area contributed by atoms with Gasteiger partial charge in [-0.2, -0.15) is 5.10 Å². The molecule has 0 atom stereocenters. The number of nitrogens with zero attached hydrogens (tertiary/aromatic N) is 3. The highest BCUT2D eigenvalue weighted by Gasteiger charge is 2.32. The Bertz CT molecular complexity index is 883. The maximum absolute atomic E-state index is 12.4. The number of hydrogen-bond donors (Lipinski definition) is 3. The SMILES string of the molecule is CCC(C)=Cc1c(C(C)(C)C(N)=O)cc(N2CCOCC2)nc1Nc1ccn[nH]1. The first-order valence-electron chi connectivity index (χ1n) is 9.94. The second-order valence-corrected chi connectivity index (χ2v) is 7.82. The summed E-state index contributed by atoms with van der Waals surface area (Å²) in [4.78, 5) is 19.4. The molecule has 3 rings (SSSR count). The maximum atomic E-state index is 12.4. The van der Waals surface area contributed by atoms with E-state index in [1.165, 1.54) is 5.57 Å². The van der Waals surface area contributed by atoms with Crippen LogP contribution in [0.2, 0.25) is 0 Å². The van der Waals surface area contributed by atoms with Gasteiger partial charge in [0, 0.05) is 24.7 Å². The van der Waals surface area contributed by atoms with E-state index in [1.54, 1.807) is 6.20 Å². The van der Waals surface area contributed by atoms with Crippen LogP contribution in [0, 0.1) is 0 Å². The van der Waals surface area contributed by atoms with Crippen molar-refractivity contribution in [3.8, 4) is 0 Å². The summed E-state index contributed by atoms with van der Waals surface area (Å²) < 4.78 is 5.48. The lowest BCUT2D eigenvalue weighted by Gasteiger charge is -2.31. The number of nitrogens with one attached hydrogen (secondary N) is 2. The Kier molecular flexibility index (Phi) is 6.22. The number of amides is 1. The third-order valence-electron chi connectivity index (χ3n) is 5.37. The Hall–Kier alpha value is -2.87. The zero-order valence-electron chi connectivity index (χ0n) is 17.6. The summed E-state index contributed by atoms with van der Waals surface area (Å²) in [5, 5.41) is 10.2. The highest BCUT2D eigenvalue weighted by molar-refractivity contribution is 5.89. The van der Waals surface area contributed by atoms with Crippen molar-refractivity contribution in [3.63, 3.8) is 0 Å². The predicted molar refractivity (Wildman–Crippen MR) is 115 cm³/mol. The van der Waals surface area contributed by atoms with E-state index in [1.807, 2.05) is 26.0 Å². The number of hydrogen-bond acceptors (Lipinski definition) is 6. The lowest BCUT2D eigenvalue weighted by atomic mass is 9.80. The molecule has 156 valence electrons. The van der Waals surface area contributed by atoms with E-state index in [-0.39, 0.29) is 5.91 Å². The Balaban J connectivity index is 2.22. The van der Waals surface area contributed by atoms with Crippen molar-refractivity contribution in [2.24, 2.45) is 5.73 Å². The number of morpholine rings is 1. The number of H-pyrrole nitrogens is 1. The van der Waals surface area contributed by atoms with Gasteiger partial charge in [0.05, 0.1) is 24.8 Å². The topological polar surface area (TPSA) is 109 Å². The van der Waals surface area contributed by atoms with Crippen molar-refractivity contribution < 1.29 is 9.53 Å². The quantitative estimate of drug-likeness (QED) is 0.662. The highest BCUT2D eigenvalue weighted by Crippen LogP contribution is 2.36. The number of pyridine rings is 1. The van der Waals surface area contributed by atoms with Gasteiger partial charge in [0.1, 0.15) is 17.5 Å². The number of aromatic amines is 1. The van der Waals surface area contributed by atoms with Gasteiger partial charge in [0.2, 0.25) is 5.91 Å². The van der Waals surface area contributed by atoms with Crippen LogP contribution in [0.25, 0.3) is 6.08 Å². The fourth-order valence-electron chi connectivity index (χ4n) is 3.19. The molecule has 0 saturated carbocycles. The Morgan fingerprint density at radius 3 is 2.72 bits per heavy atom. The third-order valence-corrected chi connectivity index (χ3v) is 5.37. The van der Waals surface area contributed by atoms with Crippen LogP contribution < -0.4 is 16.0 Å². The molecule has 1 fully saturated rings. The number of primary amides is 1. The summed E-state index contributed by atoms with van der Waals surface area (Å²) in [5.74, 6) is 1.80. The van der Waals surface area contributed by atoms with Crippen LogP contribution in [0.15, 0.2) is 23.9 Å². The van der Waals surface area contributed by atoms with Crippen LogP contribution in [0.4, 0.5) is 17.5 Å². The largest absolute Gasteiger partial charge is 0.378 e. The molecule has 3 heterocycles. The van der Waals surface area contributed by atoms with Gasteiger partial charge in [0.15, 0.2) is 0 Å². The molecule has 2 aromatic heterocycles. The van der Waals surface area contributed by atoms with Crippen molar-refractivity contribution >= 4 is 29.4 Å². The van der Waals surface area contributed by atoms with Crippen LogP contribution in [0.3, 0.4) is 0 Å². The van der Waals surface area contributed by atoms with Crippen molar-refractivity contribution in [2.75, 3.05) is 36.5 Å². The maximum Gasteiger partial charge on any atom is 0.227 e. The van der Waals surface area contributed by atoms with E-state index in [9.17, 15) is 4.79 Å². The van der Waals surface area contributed by atoms with E-state index in [4.69, 9.17) is 15.5 Å². The van der Waals surface area contributed by atoms with Gasteiger partial charge in [-0.15, -0.1) is 0 Å². The molecule has 0 aromatic carbocycles. The van der Waals surface area contributed by atoms with Gasteiger partial charge in [-0.3, -0.25) is 9.89 Å². The van der Waals surface area contributed by atoms with Crippen molar-refractivity contribution in [1.29, 1.82) is 0 Å². The van der Waals surface area contributed by atoms with Crippen LogP contribution in [0.5, 0.6) is 0 Å². The summed E-state index contributed by atoms with van der Waals surface area (Å²) >= 11 is 0. The van der Waals surface area contributed by atoms with E-state index in [2.05, 4.69) is 40.3 Å². The molecule has 2 aromatic rings. The van der Waals surface area contributed by atoms with E-state index in [0.717, 1.165) is 42.3 Å². The van der Waals surface area contributed by atoms with Gasteiger partial charge >= 0.3 is 0 Å². The minimum absolute atomic E-state index is 0.382. The lowest BCUT2D eigenvalue weighted by Crippen LogP contribution is -2.39. The first-order chi connectivity index (χ1) is 13.8. The molecule has 29 heavy (non-hydrogen) atoms. The molecule has 1 aliphatic heterocycles. The average molecular weight is 399 g/mol. The molecule has 0 unspecified atom stereocenters. The highest BCUT2D eigenvalue weighted by atomic mass is 16.5. The number of ether oxygens (including phenoxy) is 1. The molecule has 1 aliphatic rings. The molecule has 0 radical (unpaired) electrons. The van der Waals surface area contributed by atoms with Gasteiger partial charge < -0.3 is 20.7 Å². The van der Waals surface area contributed by atoms with E-state index >= 15 is 0 Å². The van der Waals surface area contributed by atoms with Crippen LogP contribution in [-0.4, -0.2) is 47.4 Å². The Morgan fingerprint density at radius 2 is 2.14 bits per heavy atom. The van der Waals surface area contributed by atoms with Gasteiger partial charge in [0.25, 0.3) is 0 Å². The Labute approximate surface area is 171 Å². The summed E-state index contributed by atoms with van der Waals surface area (Å²) in [6, 6.07) is 3.82. The Morgan fingerprint density at radius 1 is 1.41 bits per heavy atom. The molecule has 0 aliphatic carbocycles. The summed E-state index contributed by atoms with van der Waals surface area (Å²) in [5.41, 5.74) is 7.82. The fraction of sp³-hybridized carbons (Fsp3) is 0.476. The van der Waals surface area contributed by atoms with Crippen LogP contribution in [0.1, 0.15) is 45.2 Å². The average Bonchev–Trinajstić information content (AvgIpc) is 3.22. The number of nitrogens with two attached hydrogens (primary N) is 1. The van der Waals surface area contributed by atoms with Crippen LogP contribution >= 0.6 is 0 Å². The number of carbonyl (C=O) groups excluding carboxylic acids is 1. The summed E-state index contributed by atoms with van der Waals surface area (Å²) in [7, 11) is 0. The lowest BCUT2D eigenvalue weighted by molar-refractivity contribution is -0.122. The first-order valence-corrected chi connectivity index (χ1v) is 9.94. The molecule has 1 amide bonds. The number of anilines is 3. The molecule has 0 bridgehead atoms. The van der Waals surface area contributed by atoms with E-state index < -0.39 is 5.41 Å². The minimum Gasteiger partial charge on any atom is -0.378 e. The summed E-state index contributed by atoms with van der Waals surface area (Å²) in [6.07, 6.45) is 4.65. The molecule has 8 nitrogen and oxygen atoms in total. The second-order valence-electron chi connectivity index (χ2n) is 7.82. The third kappa shape index (κ3) is 4.59. The number of carbonyl (C=O) groups is 1. The van der Waals surface area contributed by atoms with Crippen molar-refractivity contribution in [1.82, 2.24) is 15.2 Å². The molecule has 0 spiro atoms. The first kappa shape index (κ1) is 20.9. The molecular weight excluding hydrogens is 368 g/mol. The van der Waals surface area contributed by atoms with Crippen molar-refractivity contribution in [3.05, 3.63) is 35.0 Å². The number of allylic oxidation sites excluding steroid dienone is 1. The summed E-state index contributed by atoms with van der Waals surface area (Å²) in [6.45, 7) is 10.7. The molecular formula is C21H30N6O2. The molecule has 1 saturated heterocycles. The molecule has 4 N–H and O–H groups in total. The normalized spacial score (nSPS) is 15.4. The smallest absolute Gasteiger partial charge is 0.227 e. The minimum atomic E-state index is -0.867. The van der Waals surface area contributed by atoms with E-state index in [0.29, 0.717) is 19.0 Å². The van der Waals surface area contributed by atoms with Gasteiger partial charge in [-0.1, -0.05) is 18.6 Å². The monoisotopic (exact) mass is 398 g/mol. The molecule has 8 heteroatoms. The zero-order chi connectivity index (χ0) is 21.0. The fourth-order valence-corrected chi connectivity index (χ4v) is 3.19. The van der Waals surface area contributed by atoms with Gasteiger partial charge in [-0.25, -0.2) is 4.98 Å². The number of rotatable bonds is 7. The number of aromatic nitrogens is 3.